The van der Waals surface area contributed by atoms with Gasteiger partial charge in [-0.05, 0) is 25.7 Å². The second kappa shape index (κ2) is 6.37. The molecule has 2 aliphatic carbocycles. The van der Waals surface area contributed by atoms with Gasteiger partial charge in [-0.1, -0.05) is 25.7 Å². The molecule has 1 N–H and O–H groups in total. The van der Waals surface area contributed by atoms with Crippen molar-refractivity contribution >= 4 is 0 Å². The van der Waals surface area contributed by atoms with Crippen molar-refractivity contribution in [1.82, 2.24) is 4.90 Å². The van der Waals surface area contributed by atoms with Gasteiger partial charge in [-0.25, -0.2) is 0 Å². The monoisotopic (exact) mass is 236 g/mol. The lowest BCUT2D eigenvalue weighted by Crippen LogP contribution is -2.47. The van der Waals surface area contributed by atoms with Crippen LogP contribution >= 0.6 is 0 Å². The molecule has 0 bridgehead atoms. The third-order valence-electron chi connectivity index (χ3n) is 4.47. The fourth-order valence-corrected chi connectivity index (χ4v) is 3.64. The molecule has 2 saturated carbocycles. The summed E-state index contributed by atoms with van der Waals surface area (Å²) in [5.74, 6) is 0.198. The summed E-state index contributed by atoms with van der Waals surface area (Å²) in [5, 5.41) is 18.5. The minimum absolute atomic E-state index is 0.198. The van der Waals surface area contributed by atoms with E-state index in [1.54, 1.807) is 0 Å². The van der Waals surface area contributed by atoms with Gasteiger partial charge >= 0.3 is 0 Å². The fraction of sp³-hybridized carbons (Fsp3) is 0.929. The zero-order valence-electron chi connectivity index (χ0n) is 10.6. The number of nitrogens with zero attached hydrogens (tertiary/aromatic N) is 2. The van der Waals surface area contributed by atoms with Crippen molar-refractivity contribution < 1.29 is 5.11 Å². The summed E-state index contributed by atoms with van der Waals surface area (Å²) >= 11 is 0. The van der Waals surface area contributed by atoms with E-state index in [4.69, 9.17) is 0 Å². The number of aliphatic hydroxyl groups is 1. The van der Waals surface area contributed by atoms with E-state index >= 15 is 0 Å². The number of hydrogen-bond acceptors (Lipinski definition) is 3. The zero-order valence-corrected chi connectivity index (χ0v) is 10.6. The quantitative estimate of drug-likeness (QED) is 0.814. The maximum absolute atomic E-state index is 9.26. The molecule has 2 rings (SSSR count). The first-order valence-electron chi connectivity index (χ1n) is 7.13. The number of rotatable bonds is 4. The zero-order chi connectivity index (χ0) is 12.1. The minimum Gasteiger partial charge on any atom is -0.395 e. The Kier molecular flexibility index (Phi) is 4.82. The number of hydrogen-bond donors (Lipinski definition) is 1. The molecule has 0 aromatic heterocycles. The maximum atomic E-state index is 9.26. The average Bonchev–Trinajstić information content (AvgIpc) is 2.85. The Labute approximate surface area is 104 Å². The van der Waals surface area contributed by atoms with E-state index < -0.39 is 0 Å². The Morgan fingerprint density at radius 3 is 2.47 bits per heavy atom. The van der Waals surface area contributed by atoms with E-state index in [-0.39, 0.29) is 12.5 Å². The van der Waals surface area contributed by atoms with Gasteiger partial charge in [0, 0.05) is 18.6 Å². The molecule has 17 heavy (non-hydrogen) atoms. The third kappa shape index (κ3) is 3.00. The summed E-state index contributed by atoms with van der Waals surface area (Å²) in [6, 6.07) is 3.50. The van der Waals surface area contributed by atoms with Crippen molar-refractivity contribution in [3.05, 3.63) is 0 Å². The number of aliphatic hydroxyl groups excluding tert-OH is 1. The van der Waals surface area contributed by atoms with Crippen LogP contribution in [0.5, 0.6) is 0 Å². The van der Waals surface area contributed by atoms with Crippen LogP contribution in [0.15, 0.2) is 0 Å². The molecule has 3 heteroatoms. The molecule has 0 amide bonds. The molecule has 0 aromatic carbocycles. The number of nitriles is 1. The van der Waals surface area contributed by atoms with Gasteiger partial charge < -0.3 is 5.11 Å². The highest BCUT2D eigenvalue weighted by Crippen LogP contribution is 2.33. The van der Waals surface area contributed by atoms with Crippen LogP contribution in [0, 0.1) is 17.2 Å². The van der Waals surface area contributed by atoms with Gasteiger partial charge in [0.05, 0.1) is 18.6 Å². The first-order chi connectivity index (χ1) is 8.36. The normalized spacial score (nSPS) is 30.6. The molecule has 2 unspecified atom stereocenters. The van der Waals surface area contributed by atoms with Gasteiger partial charge in [-0.2, -0.15) is 5.26 Å². The van der Waals surface area contributed by atoms with Crippen molar-refractivity contribution in [3.63, 3.8) is 0 Å². The Morgan fingerprint density at radius 1 is 1.06 bits per heavy atom. The second-order valence-electron chi connectivity index (χ2n) is 5.49. The smallest absolute Gasteiger partial charge is 0.0672 e. The van der Waals surface area contributed by atoms with Crippen molar-refractivity contribution in [2.24, 2.45) is 5.92 Å². The lowest BCUT2D eigenvalue weighted by Gasteiger charge is -2.39. The van der Waals surface area contributed by atoms with Gasteiger partial charge in [0.1, 0.15) is 0 Å². The lowest BCUT2D eigenvalue weighted by atomic mass is 9.91. The van der Waals surface area contributed by atoms with E-state index in [2.05, 4.69) is 11.0 Å². The molecule has 0 saturated heterocycles. The van der Waals surface area contributed by atoms with Crippen molar-refractivity contribution in [2.75, 3.05) is 13.2 Å². The molecule has 2 atom stereocenters. The molecule has 0 spiro atoms. The minimum atomic E-state index is 0.198. The van der Waals surface area contributed by atoms with E-state index in [0.29, 0.717) is 12.1 Å². The summed E-state index contributed by atoms with van der Waals surface area (Å²) in [5.41, 5.74) is 0. The van der Waals surface area contributed by atoms with E-state index in [9.17, 15) is 10.4 Å². The highest BCUT2D eigenvalue weighted by atomic mass is 16.3. The summed E-state index contributed by atoms with van der Waals surface area (Å²) < 4.78 is 0. The molecule has 3 nitrogen and oxygen atoms in total. The van der Waals surface area contributed by atoms with Crippen LogP contribution in [0.25, 0.3) is 0 Å². The summed E-state index contributed by atoms with van der Waals surface area (Å²) in [6.45, 7) is 0.985. The largest absolute Gasteiger partial charge is 0.395 e. The molecule has 96 valence electrons. The SMILES string of the molecule is N#CC1CCCC1N(CCO)C1CCCCC1. The third-order valence-corrected chi connectivity index (χ3v) is 4.47. The molecule has 0 aromatic rings. The van der Waals surface area contributed by atoms with E-state index in [1.165, 1.54) is 38.5 Å². The van der Waals surface area contributed by atoms with Gasteiger partial charge in [0.2, 0.25) is 0 Å². The average molecular weight is 236 g/mol. The molecule has 0 heterocycles. The van der Waals surface area contributed by atoms with Crippen LogP contribution in [0.2, 0.25) is 0 Å². The van der Waals surface area contributed by atoms with Crippen molar-refractivity contribution in [2.45, 2.75) is 63.5 Å². The Balaban J connectivity index is 2.02. The van der Waals surface area contributed by atoms with Crippen LogP contribution in [-0.4, -0.2) is 35.2 Å². The van der Waals surface area contributed by atoms with Crippen molar-refractivity contribution in [3.8, 4) is 6.07 Å². The van der Waals surface area contributed by atoms with Crippen LogP contribution in [0.1, 0.15) is 51.4 Å². The van der Waals surface area contributed by atoms with Crippen LogP contribution in [0.3, 0.4) is 0 Å². The van der Waals surface area contributed by atoms with Gasteiger partial charge in [-0.15, -0.1) is 0 Å². The van der Waals surface area contributed by atoms with Gasteiger partial charge in [0.25, 0.3) is 0 Å². The lowest BCUT2D eigenvalue weighted by molar-refractivity contribution is 0.0716. The fourth-order valence-electron chi connectivity index (χ4n) is 3.64. The molecule has 0 aliphatic heterocycles. The highest BCUT2D eigenvalue weighted by molar-refractivity contribution is 4.99. The molecule has 0 radical (unpaired) electrons. The highest BCUT2D eigenvalue weighted by Gasteiger charge is 2.35. The van der Waals surface area contributed by atoms with E-state index in [0.717, 1.165) is 19.4 Å². The Morgan fingerprint density at radius 2 is 1.82 bits per heavy atom. The predicted octanol–water partition coefficient (Wildman–Crippen LogP) is 2.31. The molecular formula is C14H24N2O. The summed E-state index contributed by atoms with van der Waals surface area (Å²) in [6.07, 6.45) is 9.88. The topological polar surface area (TPSA) is 47.3 Å². The van der Waals surface area contributed by atoms with Crippen LogP contribution < -0.4 is 0 Å². The maximum Gasteiger partial charge on any atom is 0.0672 e. The first-order valence-corrected chi connectivity index (χ1v) is 7.13. The summed E-state index contributed by atoms with van der Waals surface area (Å²) in [4.78, 5) is 2.46. The predicted molar refractivity (Wildman–Crippen MR) is 67.4 cm³/mol. The Bertz CT molecular complexity index is 268. The molecule has 2 aliphatic rings. The molecular weight excluding hydrogens is 212 g/mol. The van der Waals surface area contributed by atoms with E-state index in [1.807, 2.05) is 0 Å². The van der Waals surface area contributed by atoms with Crippen molar-refractivity contribution in [1.29, 1.82) is 5.26 Å². The second-order valence-corrected chi connectivity index (χ2v) is 5.49. The van der Waals surface area contributed by atoms with Gasteiger partial charge in [0.15, 0.2) is 0 Å². The van der Waals surface area contributed by atoms with Crippen LogP contribution in [-0.2, 0) is 0 Å². The van der Waals surface area contributed by atoms with Gasteiger partial charge in [-0.3, -0.25) is 4.90 Å². The van der Waals surface area contributed by atoms with Crippen LogP contribution in [0.4, 0.5) is 0 Å². The Hall–Kier alpha value is -0.590. The standard InChI is InChI=1S/C14H24N2O/c15-11-12-5-4-8-14(12)16(9-10-17)13-6-2-1-3-7-13/h12-14,17H,1-10H2. The first kappa shape index (κ1) is 12.9. The summed E-state index contributed by atoms with van der Waals surface area (Å²) in [7, 11) is 0. The molecule has 2 fully saturated rings.